The van der Waals surface area contributed by atoms with Gasteiger partial charge in [0, 0.05) is 10.8 Å². The molecule has 3 heterocycles. The monoisotopic (exact) mass is 328 g/mol. The highest BCUT2D eigenvalue weighted by molar-refractivity contribution is 8.14. The van der Waals surface area contributed by atoms with Crippen LogP contribution in [0.4, 0.5) is 0 Å². The van der Waals surface area contributed by atoms with Gasteiger partial charge < -0.3 is 4.42 Å². The Labute approximate surface area is 142 Å². The number of rotatable bonds is 0. The summed E-state index contributed by atoms with van der Waals surface area (Å²) in [5, 5.41) is 4.97. The predicted octanol–water partition coefficient (Wildman–Crippen LogP) is 5.39. The molecule has 1 aliphatic carbocycles. The van der Waals surface area contributed by atoms with E-state index in [9.17, 15) is 4.79 Å². The van der Waals surface area contributed by atoms with E-state index in [0.29, 0.717) is 0 Å². The summed E-state index contributed by atoms with van der Waals surface area (Å²) in [7, 11) is 0. The van der Waals surface area contributed by atoms with Crippen molar-refractivity contribution in [1.29, 1.82) is 0 Å². The summed E-state index contributed by atoms with van der Waals surface area (Å²) in [6, 6.07) is 17.2. The van der Waals surface area contributed by atoms with Crippen molar-refractivity contribution in [3.05, 3.63) is 83.3 Å². The largest absolute Gasteiger partial charge is 0.471 e. The van der Waals surface area contributed by atoms with Gasteiger partial charge in [-0.1, -0.05) is 36.0 Å². The Kier molecular flexibility index (Phi) is 2.31. The Bertz CT molecular complexity index is 1170. The standard InChI is InChI=1S/C21H12O2S/c22-21-19-15-5-11-3-1-2-4-12(11)6-17(15)20(24-21)18-8-14-10-23-9-13(14)7-16(18)19/h1-10,19-20H. The molecule has 2 atom stereocenters. The van der Waals surface area contributed by atoms with Crippen molar-refractivity contribution >= 4 is 38.4 Å². The minimum absolute atomic E-state index is 0.0939. The van der Waals surface area contributed by atoms with E-state index in [2.05, 4.69) is 48.5 Å². The van der Waals surface area contributed by atoms with Crippen LogP contribution in [0.2, 0.25) is 0 Å². The molecule has 3 aliphatic rings. The van der Waals surface area contributed by atoms with E-state index in [-0.39, 0.29) is 16.3 Å². The van der Waals surface area contributed by atoms with Gasteiger partial charge in [0.2, 0.25) is 5.12 Å². The summed E-state index contributed by atoms with van der Waals surface area (Å²) < 4.78 is 5.35. The van der Waals surface area contributed by atoms with Crippen molar-refractivity contribution in [2.24, 2.45) is 0 Å². The van der Waals surface area contributed by atoms with Crippen molar-refractivity contribution < 1.29 is 9.21 Å². The quantitative estimate of drug-likeness (QED) is 0.433. The summed E-state index contributed by atoms with van der Waals surface area (Å²) in [6.45, 7) is 0. The van der Waals surface area contributed by atoms with Crippen molar-refractivity contribution in [2.75, 3.05) is 0 Å². The second-order valence-electron chi connectivity index (χ2n) is 6.56. The van der Waals surface area contributed by atoms with E-state index < -0.39 is 0 Å². The van der Waals surface area contributed by atoms with Gasteiger partial charge in [0.1, 0.15) is 0 Å². The topological polar surface area (TPSA) is 30.2 Å². The molecule has 4 aromatic rings. The van der Waals surface area contributed by atoms with Crippen LogP contribution in [0.3, 0.4) is 0 Å². The van der Waals surface area contributed by atoms with Gasteiger partial charge in [0.05, 0.1) is 23.7 Å². The molecule has 0 spiro atoms. The smallest absolute Gasteiger partial charge is 0.201 e. The van der Waals surface area contributed by atoms with Crippen LogP contribution in [-0.4, -0.2) is 5.12 Å². The van der Waals surface area contributed by atoms with Crippen molar-refractivity contribution in [1.82, 2.24) is 0 Å². The van der Waals surface area contributed by atoms with E-state index in [1.54, 1.807) is 12.5 Å². The molecule has 1 aromatic heterocycles. The Balaban J connectivity index is 1.71. The number of furan rings is 1. The van der Waals surface area contributed by atoms with Gasteiger partial charge in [-0.3, -0.25) is 4.79 Å². The minimum atomic E-state index is -0.158. The minimum Gasteiger partial charge on any atom is -0.471 e. The number of thioether (sulfide) groups is 1. The van der Waals surface area contributed by atoms with Crippen LogP contribution in [-0.2, 0) is 4.79 Å². The van der Waals surface area contributed by atoms with Crippen LogP contribution in [0.1, 0.15) is 33.4 Å². The molecule has 3 aromatic carbocycles. The van der Waals surface area contributed by atoms with E-state index in [4.69, 9.17) is 4.42 Å². The van der Waals surface area contributed by atoms with Gasteiger partial charge in [-0.15, -0.1) is 0 Å². The molecule has 0 radical (unpaired) electrons. The highest BCUT2D eigenvalue weighted by Gasteiger charge is 2.43. The first kappa shape index (κ1) is 12.8. The van der Waals surface area contributed by atoms with Crippen LogP contribution in [0.15, 0.2) is 65.5 Å². The average molecular weight is 328 g/mol. The van der Waals surface area contributed by atoms with E-state index >= 15 is 0 Å². The predicted molar refractivity (Wildman–Crippen MR) is 96.4 cm³/mol. The molecule has 0 saturated heterocycles. The number of hydrogen-bond acceptors (Lipinski definition) is 3. The Morgan fingerprint density at radius 3 is 1.96 bits per heavy atom. The molecule has 0 amide bonds. The summed E-state index contributed by atoms with van der Waals surface area (Å²) in [6.07, 6.45) is 3.54. The molecular weight excluding hydrogens is 316 g/mol. The number of carbonyl (C=O) groups excluding carboxylic acids is 1. The fourth-order valence-corrected chi connectivity index (χ4v) is 5.47. The van der Waals surface area contributed by atoms with Gasteiger partial charge >= 0.3 is 0 Å². The number of fused-ring (bicyclic) bond motifs is 3. The van der Waals surface area contributed by atoms with Crippen LogP contribution < -0.4 is 0 Å². The summed E-state index contributed by atoms with van der Waals surface area (Å²) in [5.41, 5.74) is 4.89. The molecule has 0 fully saturated rings. The lowest BCUT2D eigenvalue weighted by Crippen LogP contribution is -2.28. The zero-order chi connectivity index (χ0) is 15.8. The summed E-state index contributed by atoms with van der Waals surface area (Å²) in [4.78, 5) is 12.7. The molecule has 7 rings (SSSR count). The zero-order valence-corrected chi connectivity index (χ0v) is 13.5. The fraction of sp³-hybridized carbons (Fsp3) is 0.0952. The number of carbonyl (C=O) groups is 1. The molecule has 3 heteroatoms. The molecule has 2 bridgehead atoms. The molecule has 2 nitrogen and oxygen atoms in total. The number of benzene rings is 3. The zero-order valence-electron chi connectivity index (χ0n) is 12.7. The summed E-state index contributed by atoms with van der Waals surface area (Å²) >= 11 is 1.47. The van der Waals surface area contributed by atoms with Crippen molar-refractivity contribution in [3.8, 4) is 0 Å². The van der Waals surface area contributed by atoms with Crippen LogP contribution in [0.25, 0.3) is 21.5 Å². The lowest BCUT2D eigenvalue weighted by atomic mass is 9.76. The first-order valence-corrected chi connectivity index (χ1v) is 8.90. The second kappa shape index (κ2) is 4.31. The third-order valence-corrected chi connectivity index (χ3v) is 6.50. The van der Waals surface area contributed by atoms with E-state index in [1.807, 2.05) is 0 Å². The highest BCUT2D eigenvalue weighted by atomic mass is 32.2. The van der Waals surface area contributed by atoms with Gasteiger partial charge in [-0.25, -0.2) is 0 Å². The SMILES string of the molecule is O=C1SC2c3cc4ccccc4cc3C1c1cc3cocc3cc12. The third kappa shape index (κ3) is 1.51. The van der Waals surface area contributed by atoms with E-state index in [1.165, 1.54) is 39.2 Å². The molecule has 0 saturated carbocycles. The van der Waals surface area contributed by atoms with E-state index in [0.717, 1.165) is 16.3 Å². The van der Waals surface area contributed by atoms with Gasteiger partial charge in [0.25, 0.3) is 0 Å². The molecule has 2 unspecified atom stereocenters. The van der Waals surface area contributed by atoms with Crippen molar-refractivity contribution in [3.63, 3.8) is 0 Å². The first-order chi connectivity index (χ1) is 11.8. The van der Waals surface area contributed by atoms with Crippen LogP contribution in [0.5, 0.6) is 0 Å². The maximum Gasteiger partial charge on any atom is 0.201 e. The third-order valence-electron chi connectivity index (χ3n) is 5.29. The Hall–Kier alpha value is -2.52. The van der Waals surface area contributed by atoms with Crippen LogP contribution >= 0.6 is 11.8 Å². The molecule has 2 aliphatic heterocycles. The molecule has 24 heavy (non-hydrogen) atoms. The summed E-state index contributed by atoms with van der Waals surface area (Å²) in [5.74, 6) is -0.158. The first-order valence-electron chi connectivity index (χ1n) is 8.02. The average Bonchev–Trinajstić information content (AvgIpc) is 3.06. The highest BCUT2D eigenvalue weighted by Crippen LogP contribution is 2.57. The Morgan fingerprint density at radius 1 is 0.750 bits per heavy atom. The molecular formula is C21H12O2S. The van der Waals surface area contributed by atoms with Gasteiger partial charge in [0.15, 0.2) is 0 Å². The van der Waals surface area contributed by atoms with Gasteiger partial charge in [-0.2, -0.15) is 0 Å². The maximum atomic E-state index is 12.7. The van der Waals surface area contributed by atoms with Crippen molar-refractivity contribution in [2.45, 2.75) is 11.2 Å². The molecule has 0 N–H and O–H groups in total. The number of hydrogen-bond donors (Lipinski definition) is 0. The Morgan fingerprint density at radius 2 is 1.29 bits per heavy atom. The normalized spacial score (nSPS) is 21.2. The molecule has 114 valence electrons. The van der Waals surface area contributed by atoms with Crippen LogP contribution in [0, 0.1) is 0 Å². The van der Waals surface area contributed by atoms with Gasteiger partial charge in [-0.05, 0) is 57.3 Å². The lowest BCUT2D eigenvalue weighted by Gasteiger charge is -2.38. The second-order valence-corrected chi connectivity index (χ2v) is 7.67. The maximum absolute atomic E-state index is 12.7. The lowest BCUT2D eigenvalue weighted by molar-refractivity contribution is -0.111. The fourth-order valence-electron chi connectivity index (χ4n) is 4.18.